The second-order valence-electron chi connectivity index (χ2n) is 7.48. The van der Waals surface area contributed by atoms with Gasteiger partial charge in [0.05, 0.1) is 5.56 Å². The van der Waals surface area contributed by atoms with Gasteiger partial charge in [-0.1, -0.05) is 30.3 Å². The maximum absolute atomic E-state index is 12.6. The third-order valence-electron chi connectivity index (χ3n) is 5.32. The molecule has 0 unspecified atom stereocenters. The molecule has 1 atom stereocenters. The smallest absolute Gasteiger partial charge is 0.252 e. The van der Waals surface area contributed by atoms with Crippen LogP contribution >= 0.6 is 0 Å². The summed E-state index contributed by atoms with van der Waals surface area (Å²) in [6, 6.07) is 19.4. The van der Waals surface area contributed by atoms with Gasteiger partial charge in [-0.2, -0.15) is 0 Å². The minimum absolute atomic E-state index is 0.0240. The van der Waals surface area contributed by atoms with E-state index in [1.807, 2.05) is 38.5 Å². The maximum atomic E-state index is 12.6. The summed E-state index contributed by atoms with van der Waals surface area (Å²) in [5.74, 6) is -0.245. The van der Waals surface area contributed by atoms with Gasteiger partial charge in [0.15, 0.2) is 0 Å². The Kier molecular flexibility index (Phi) is 5.39. The summed E-state index contributed by atoms with van der Waals surface area (Å²) in [6.07, 6.45) is 3.45. The number of fused-ring (bicyclic) bond motifs is 1. The molecule has 0 saturated heterocycles. The molecule has 6 heteroatoms. The lowest BCUT2D eigenvalue weighted by Crippen LogP contribution is -2.29. The Bertz CT molecular complexity index is 1200. The molecule has 2 heterocycles. The molecule has 152 valence electrons. The number of aromatic nitrogens is 2. The van der Waals surface area contributed by atoms with E-state index in [0.29, 0.717) is 12.1 Å². The Morgan fingerprint density at radius 2 is 1.73 bits per heavy atom. The van der Waals surface area contributed by atoms with Crippen molar-refractivity contribution in [3.63, 3.8) is 0 Å². The first kappa shape index (κ1) is 19.5. The first-order valence-corrected chi connectivity index (χ1v) is 9.83. The van der Waals surface area contributed by atoms with Gasteiger partial charge in [-0.05, 0) is 35.4 Å². The predicted molar refractivity (Wildman–Crippen MR) is 120 cm³/mol. The van der Waals surface area contributed by atoms with E-state index in [0.717, 1.165) is 27.7 Å². The fourth-order valence-corrected chi connectivity index (χ4v) is 3.64. The number of hydrogen-bond donors (Lipinski definition) is 3. The van der Waals surface area contributed by atoms with E-state index in [-0.39, 0.29) is 17.4 Å². The van der Waals surface area contributed by atoms with Crippen LogP contribution in [0.4, 0.5) is 5.69 Å². The Balaban J connectivity index is 1.65. The summed E-state index contributed by atoms with van der Waals surface area (Å²) >= 11 is 0. The zero-order valence-electron chi connectivity index (χ0n) is 17.0. The monoisotopic (exact) mass is 400 g/mol. The molecule has 0 aliphatic heterocycles. The second-order valence-corrected chi connectivity index (χ2v) is 7.48. The van der Waals surface area contributed by atoms with Crippen molar-refractivity contribution in [3.8, 4) is 0 Å². The highest BCUT2D eigenvalue weighted by atomic mass is 16.1. The van der Waals surface area contributed by atoms with Crippen LogP contribution in [-0.4, -0.2) is 36.5 Å². The molecule has 4 aromatic rings. The van der Waals surface area contributed by atoms with Crippen LogP contribution in [0.3, 0.4) is 0 Å². The molecule has 2 aromatic carbocycles. The Hall–Kier alpha value is -3.80. The van der Waals surface area contributed by atoms with Gasteiger partial charge < -0.3 is 20.2 Å². The number of carbonyl (C=O) groups is 1. The lowest BCUT2D eigenvalue weighted by Gasteiger charge is -2.20. The van der Waals surface area contributed by atoms with E-state index in [1.165, 1.54) is 18.3 Å². The van der Waals surface area contributed by atoms with E-state index < -0.39 is 0 Å². The molecule has 6 nitrogen and oxygen atoms in total. The number of rotatable bonds is 6. The summed E-state index contributed by atoms with van der Waals surface area (Å²) < 4.78 is 0. The molecule has 1 amide bonds. The number of nitrogens with one attached hydrogen (secondary N) is 3. The molecule has 0 bridgehead atoms. The van der Waals surface area contributed by atoms with Crippen molar-refractivity contribution in [2.45, 2.75) is 5.92 Å². The van der Waals surface area contributed by atoms with Crippen LogP contribution in [0.1, 0.15) is 27.4 Å². The van der Waals surface area contributed by atoms with Gasteiger partial charge in [0.2, 0.25) is 5.56 Å². The van der Waals surface area contributed by atoms with Crippen molar-refractivity contribution >= 4 is 22.5 Å². The standard InChI is InChI=1S/C24H24N4O2/c1-28(2)18-10-7-16(8-11-18)20(21-15-25-22-6-4-3-5-19(21)22)14-27-24(30)17-9-12-23(29)26-13-17/h3-13,15,20,25H,14H2,1-2H3,(H,26,29)(H,27,30)/t20-/m0/s1. The highest BCUT2D eigenvalue weighted by molar-refractivity contribution is 5.94. The molecular weight excluding hydrogens is 376 g/mol. The topological polar surface area (TPSA) is 81.0 Å². The fourth-order valence-electron chi connectivity index (χ4n) is 3.64. The number of hydrogen-bond acceptors (Lipinski definition) is 3. The number of nitrogens with zero attached hydrogens (tertiary/aromatic N) is 1. The summed E-state index contributed by atoms with van der Waals surface area (Å²) in [5.41, 5.74) is 4.62. The van der Waals surface area contributed by atoms with Gasteiger partial charge in [-0.25, -0.2) is 0 Å². The normalized spacial score (nSPS) is 11.9. The summed E-state index contributed by atoms with van der Waals surface area (Å²) in [4.78, 5) is 31.8. The highest BCUT2D eigenvalue weighted by Gasteiger charge is 2.19. The first-order valence-electron chi connectivity index (χ1n) is 9.83. The van der Waals surface area contributed by atoms with Crippen molar-refractivity contribution in [1.82, 2.24) is 15.3 Å². The number of H-pyrrole nitrogens is 2. The van der Waals surface area contributed by atoms with Gasteiger partial charge in [-0.3, -0.25) is 9.59 Å². The van der Waals surface area contributed by atoms with Crippen LogP contribution in [0, 0.1) is 0 Å². The zero-order valence-corrected chi connectivity index (χ0v) is 17.0. The van der Waals surface area contributed by atoms with E-state index in [2.05, 4.69) is 50.5 Å². The van der Waals surface area contributed by atoms with Crippen LogP contribution in [0.15, 0.2) is 77.9 Å². The molecule has 3 N–H and O–H groups in total. The largest absolute Gasteiger partial charge is 0.378 e. The lowest BCUT2D eigenvalue weighted by atomic mass is 9.90. The molecule has 0 fully saturated rings. The first-order chi connectivity index (χ1) is 14.5. The number of para-hydroxylation sites is 1. The summed E-state index contributed by atoms with van der Waals surface area (Å²) in [7, 11) is 4.02. The second kappa shape index (κ2) is 8.29. The predicted octanol–water partition coefficient (Wildman–Crippen LogP) is 3.48. The molecule has 0 aliphatic rings. The fraction of sp³-hybridized carbons (Fsp3) is 0.167. The third-order valence-corrected chi connectivity index (χ3v) is 5.32. The molecule has 30 heavy (non-hydrogen) atoms. The molecule has 0 spiro atoms. The van der Waals surface area contributed by atoms with Crippen LogP contribution in [0.2, 0.25) is 0 Å². The number of aromatic amines is 2. The van der Waals surface area contributed by atoms with E-state index in [9.17, 15) is 9.59 Å². The number of pyridine rings is 1. The highest BCUT2D eigenvalue weighted by Crippen LogP contribution is 2.31. The van der Waals surface area contributed by atoms with E-state index in [1.54, 1.807) is 0 Å². The number of amides is 1. The van der Waals surface area contributed by atoms with Crippen LogP contribution in [0.25, 0.3) is 10.9 Å². The zero-order chi connectivity index (χ0) is 21.1. The minimum Gasteiger partial charge on any atom is -0.378 e. The number of carbonyl (C=O) groups excluding carboxylic acids is 1. The van der Waals surface area contributed by atoms with Crippen LogP contribution in [0.5, 0.6) is 0 Å². The van der Waals surface area contributed by atoms with Crippen molar-refractivity contribution in [3.05, 3.63) is 100 Å². The van der Waals surface area contributed by atoms with Gasteiger partial charge in [0, 0.05) is 61.6 Å². The molecule has 0 saturated carbocycles. The van der Waals surface area contributed by atoms with Crippen molar-refractivity contribution in [2.24, 2.45) is 0 Å². The third kappa shape index (κ3) is 3.98. The lowest BCUT2D eigenvalue weighted by molar-refractivity contribution is 0.0952. The van der Waals surface area contributed by atoms with Crippen LogP contribution in [-0.2, 0) is 0 Å². The molecule has 4 rings (SSSR count). The Morgan fingerprint density at radius 3 is 2.43 bits per heavy atom. The molecule has 2 aromatic heterocycles. The maximum Gasteiger partial charge on any atom is 0.252 e. The van der Waals surface area contributed by atoms with Crippen molar-refractivity contribution in [1.29, 1.82) is 0 Å². The van der Waals surface area contributed by atoms with Gasteiger partial charge in [0.25, 0.3) is 5.91 Å². The Labute approximate surface area is 174 Å². The quantitative estimate of drug-likeness (QED) is 0.463. The number of anilines is 1. The van der Waals surface area contributed by atoms with E-state index >= 15 is 0 Å². The van der Waals surface area contributed by atoms with Crippen LogP contribution < -0.4 is 15.8 Å². The molecule has 0 aliphatic carbocycles. The van der Waals surface area contributed by atoms with E-state index in [4.69, 9.17) is 0 Å². The van der Waals surface area contributed by atoms with Gasteiger partial charge in [0.1, 0.15) is 0 Å². The molecule has 0 radical (unpaired) electrons. The number of benzene rings is 2. The summed E-state index contributed by atoms with van der Waals surface area (Å²) in [6.45, 7) is 0.432. The summed E-state index contributed by atoms with van der Waals surface area (Å²) in [5, 5.41) is 4.16. The SMILES string of the molecule is CN(C)c1ccc([C@H](CNC(=O)c2ccc(=O)[nH]c2)c2c[nH]c3ccccc23)cc1. The minimum atomic E-state index is -0.232. The van der Waals surface area contributed by atoms with Gasteiger partial charge in [-0.15, -0.1) is 0 Å². The Morgan fingerprint density at radius 1 is 0.967 bits per heavy atom. The van der Waals surface area contributed by atoms with Crippen molar-refractivity contribution in [2.75, 3.05) is 25.5 Å². The average molecular weight is 400 g/mol. The van der Waals surface area contributed by atoms with Crippen molar-refractivity contribution < 1.29 is 4.79 Å². The average Bonchev–Trinajstić information content (AvgIpc) is 3.19. The molecular formula is C24H24N4O2. The van der Waals surface area contributed by atoms with Gasteiger partial charge >= 0.3 is 0 Å².